The van der Waals surface area contributed by atoms with Crippen molar-refractivity contribution in [3.05, 3.63) is 0 Å². The zero-order chi connectivity index (χ0) is 14.6. The molecule has 0 bridgehead atoms. The fraction of sp³-hybridized carbons (Fsp3) is 0.769. The Hall–Kier alpha value is -1.77. The number of carboxylic acids is 1. The molecule has 3 atom stereocenters. The van der Waals surface area contributed by atoms with Gasteiger partial charge in [-0.1, -0.05) is 6.92 Å². The highest BCUT2D eigenvalue weighted by Gasteiger charge is 2.36. The first kappa shape index (κ1) is 15.3. The largest absolute Gasteiger partial charge is 0.480 e. The summed E-state index contributed by atoms with van der Waals surface area (Å²) < 4.78 is 0. The third-order valence-electron chi connectivity index (χ3n) is 3.74. The molecular weight excluding hydrogens is 246 g/mol. The zero-order valence-corrected chi connectivity index (χ0v) is 11.7. The van der Waals surface area contributed by atoms with Crippen molar-refractivity contribution in [3.8, 4) is 6.07 Å². The van der Waals surface area contributed by atoms with E-state index in [4.69, 9.17) is 5.26 Å². The molecule has 1 heterocycles. The number of hydrogen-bond acceptors (Lipinski definition) is 3. The number of urea groups is 1. The first-order valence-corrected chi connectivity index (χ1v) is 6.51. The summed E-state index contributed by atoms with van der Waals surface area (Å²) in [6.07, 6.45) is 1.54. The number of rotatable bonds is 3. The van der Waals surface area contributed by atoms with Crippen molar-refractivity contribution in [2.45, 2.75) is 45.2 Å². The number of hydrogen-bond donors (Lipinski definition) is 1. The SMILES string of the molecule is CC1CCN(C(=O)N(C)C(C)CC#N)C(C(=O)O)C1. The molecule has 0 spiro atoms. The van der Waals surface area contributed by atoms with Crippen LogP contribution in [0.25, 0.3) is 0 Å². The molecule has 0 aromatic rings. The van der Waals surface area contributed by atoms with Crippen molar-refractivity contribution in [1.29, 1.82) is 5.26 Å². The van der Waals surface area contributed by atoms with E-state index in [2.05, 4.69) is 0 Å². The molecule has 2 amide bonds. The minimum atomic E-state index is -0.957. The smallest absolute Gasteiger partial charge is 0.326 e. The highest BCUT2D eigenvalue weighted by Crippen LogP contribution is 2.24. The second kappa shape index (κ2) is 6.41. The Kier molecular flexibility index (Phi) is 5.16. The van der Waals surface area contributed by atoms with Crippen LogP contribution in [0.5, 0.6) is 0 Å². The van der Waals surface area contributed by atoms with Gasteiger partial charge in [0.05, 0.1) is 12.5 Å². The van der Waals surface area contributed by atoms with Crippen LogP contribution >= 0.6 is 0 Å². The lowest BCUT2D eigenvalue weighted by molar-refractivity contribution is -0.144. The predicted molar refractivity (Wildman–Crippen MR) is 69.4 cm³/mol. The van der Waals surface area contributed by atoms with Crippen LogP contribution in [-0.4, -0.2) is 52.6 Å². The van der Waals surface area contributed by atoms with E-state index in [0.717, 1.165) is 6.42 Å². The average Bonchev–Trinajstić information content (AvgIpc) is 2.37. The molecule has 19 heavy (non-hydrogen) atoms. The Balaban J connectivity index is 2.79. The van der Waals surface area contributed by atoms with Gasteiger partial charge in [0, 0.05) is 19.6 Å². The van der Waals surface area contributed by atoms with Crippen LogP contribution in [0, 0.1) is 17.2 Å². The maximum absolute atomic E-state index is 12.3. The summed E-state index contributed by atoms with van der Waals surface area (Å²) in [4.78, 5) is 26.4. The van der Waals surface area contributed by atoms with E-state index in [9.17, 15) is 14.7 Å². The van der Waals surface area contributed by atoms with E-state index < -0.39 is 12.0 Å². The number of carboxylic acid groups (broad SMARTS) is 1. The van der Waals surface area contributed by atoms with Crippen molar-refractivity contribution >= 4 is 12.0 Å². The van der Waals surface area contributed by atoms with Gasteiger partial charge in [-0.25, -0.2) is 9.59 Å². The molecule has 1 N–H and O–H groups in total. The Bertz CT molecular complexity index is 391. The monoisotopic (exact) mass is 267 g/mol. The highest BCUT2D eigenvalue weighted by atomic mass is 16.4. The van der Waals surface area contributed by atoms with Crippen LogP contribution in [0.2, 0.25) is 0 Å². The van der Waals surface area contributed by atoms with E-state index in [0.29, 0.717) is 18.9 Å². The molecule has 0 aliphatic carbocycles. The van der Waals surface area contributed by atoms with Crippen molar-refractivity contribution in [2.24, 2.45) is 5.92 Å². The number of aliphatic carboxylic acids is 1. The number of carbonyl (C=O) groups excluding carboxylic acids is 1. The summed E-state index contributed by atoms with van der Waals surface area (Å²) in [6.45, 7) is 4.24. The molecule has 1 aliphatic rings. The quantitative estimate of drug-likeness (QED) is 0.840. The van der Waals surface area contributed by atoms with Crippen LogP contribution < -0.4 is 0 Å². The summed E-state index contributed by atoms with van der Waals surface area (Å²) >= 11 is 0. The van der Waals surface area contributed by atoms with E-state index in [-0.39, 0.29) is 18.5 Å². The van der Waals surface area contributed by atoms with Gasteiger partial charge in [-0.05, 0) is 25.7 Å². The number of amides is 2. The number of likely N-dealkylation sites (tertiary alicyclic amines) is 1. The van der Waals surface area contributed by atoms with Gasteiger partial charge in [0.25, 0.3) is 0 Å². The maximum Gasteiger partial charge on any atom is 0.326 e. The maximum atomic E-state index is 12.3. The fourth-order valence-corrected chi connectivity index (χ4v) is 2.26. The van der Waals surface area contributed by atoms with Gasteiger partial charge in [0.1, 0.15) is 6.04 Å². The van der Waals surface area contributed by atoms with Crippen LogP contribution in [-0.2, 0) is 4.79 Å². The number of piperidine rings is 1. The Morgan fingerprint density at radius 1 is 1.58 bits per heavy atom. The molecular formula is C13H21N3O3. The molecule has 6 nitrogen and oxygen atoms in total. The van der Waals surface area contributed by atoms with Gasteiger partial charge < -0.3 is 14.9 Å². The number of nitrogens with zero attached hydrogens (tertiary/aromatic N) is 3. The van der Waals surface area contributed by atoms with Gasteiger partial charge in [-0.15, -0.1) is 0 Å². The van der Waals surface area contributed by atoms with E-state index in [1.807, 2.05) is 13.0 Å². The topological polar surface area (TPSA) is 84.6 Å². The zero-order valence-electron chi connectivity index (χ0n) is 11.7. The Morgan fingerprint density at radius 3 is 2.74 bits per heavy atom. The van der Waals surface area contributed by atoms with Crippen LogP contribution in [0.4, 0.5) is 4.79 Å². The van der Waals surface area contributed by atoms with Crippen molar-refractivity contribution in [1.82, 2.24) is 9.80 Å². The highest BCUT2D eigenvalue weighted by molar-refractivity contribution is 5.83. The minimum absolute atomic E-state index is 0.216. The molecule has 106 valence electrons. The van der Waals surface area contributed by atoms with Crippen LogP contribution in [0.1, 0.15) is 33.1 Å². The van der Waals surface area contributed by atoms with Gasteiger partial charge in [0.15, 0.2) is 0 Å². The molecule has 1 saturated heterocycles. The molecule has 1 rings (SSSR count). The number of nitriles is 1. The van der Waals surface area contributed by atoms with Crippen molar-refractivity contribution < 1.29 is 14.7 Å². The van der Waals surface area contributed by atoms with Crippen LogP contribution in [0.3, 0.4) is 0 Å². The third kappa shape index (κ3) is 3.60. The first-order chi connectivity index (χ1) is 8.88. The summed E-state index contributed by atoms with van der Waals surface area (Å²) in [5, 5.41) is 17.9. The second-order valence-electron chi connectivity index (χ2n) is 5.28. The molecule has 0 saturated carbocycles. The van der Waals surface area contributed by atoms with Gasteiger partial charge >= 0.3 is 12.0 Å². The summed E-state index contributed by atoms with van der Waals surface area (Å²) in [6, 6.07) is 0.742. The third-order valence-corrected chi connectivity index (χ3v) is 3.74. The summed E-state index contributed by atoms with van der Waals surface area (Å²) in [5.41, 5.74) is 0. The molecule has 1 aliphatic heterocycles. The normalized spacial score (nSPS) is 24.4. The van der Waals surface area contributed by atoms with Gasteiger partial charge in [-0.3, -0.25) is 0 Å². The van der Waals surface area contributed by atoms with E-state index in [1.165, 1.54) is 9.80 Å². The standard InChI is InChI=1S/C13H21N3O3/c1-9-5-7-16(11(8-9)12(17)18)13(19)15(3)10(2)4-6-14/h9-11H,4-5,7-8H2,1-3H3,(H,17,18). The van der Waals surface area contributed by atoms with Crippen molar-refractivity contribution in [2.75, 3.05) is 13.6 Å². The Morgan fingerprint density at radius 2 is 2.21 bits per heavy atom. The van der Waals surface area contributed by atoms with Crippen LogP contribution in [0.15, 0.2) is 0 Å². The lowest BCUT2D eigenvalue weighted by Gasteiger charge is -2.39. The average molecular weight is 267 g/mol. The Labute approximate surface area is 113 Å². The molecule has 0 radical (unpaired) electrons. The molecule has 0 aromatic carbocycles. The molecule has 6 heteroatoms. The van der Waals surface area contributed by atoms with Gasteiger partial charge in [-0.2, -0.15) is 5.26 Å². The molecule has 3 unspecified atom stereocenters. The minimum Gasteiger partial charge on any atom is -0.480 e. The van der Waals surface area contributed by atoms with Crippen molar-refractivity contribution in [3.63, 3.8) is 0 Å². The number of carbonyl (C=O) groups is 2. The summed E-state index contributed by atoms with van der Waals surface area (Å²) in [7, 11) is 1.61. The van der Waals surface area contributed by atoms with Gasteiger partial charge in [0.2, 0.25) is 0 Å². The molecule has 0 aromatic heterocycles. The first-order valence-electron chi connectivity index (χ1n) is 6.51. The lowest BCUT2D eigenvalue weighted by Crippen LogP contribution is -2.55. The summed E-state index contributed by atoms with van der Waals surface area (Å²) in [5.74, 6) is -0.645. The van der Waals surface area contributed by atoms with E-state index >= 15 is 0 Å². The molecule has 1 fully saturated rings. The second-order valence-corrected chi connectivity index (χ2v) is 5.28. The lowest BCUT2D eigenvalue weighted by atomic mass is 9.92. The van der Waals surface area contributed by atoms with E-state index in [1.54, 1.807) is 14.0 Å². The predicted octanol–water partition coefficient (Wildman–Crippen LogP) is 1.53. The fourth-order valence-electron chi connectivity index (χ4n) is 2.26.